The van der Waals surface area contributed by atoms with Crippen LogP contribution in [0.3, 0.4) is 0 Å². The van der Waals surface area contributed by atoms with Gasteiger partial charge in [0.05, 0.1) is 32.1 Å². The van der Waals surface area contributed by atoms with Crippen molar-refractivity contribution in [1.82, 2.24) is 10.3 Å². The number of aromatic nitrogens is 1. The first-order chi connectivity index (χ1) is 9.58. The van der Waals surface area contributed by atoms with E-state index < -0.39 is 5.91 Å². The molecule has 0 bridgehead atoms. The summed E-state index contributed by atoms with van der Waals surface area (Å²) in [4.78, 5) is 26.8. The van der Waals surface area contributed by atoms with Crippen molar-refractivity contribution in [1.29, 1.82) is 0 Å². The highest BCUT2D eigenvalue weighted by atomic mass is 16.5. The zero-order valence-electron chi connectivity index (χ0n) is 11.4. The number of nitrogens with one attached hydrogen (secondary N) is 2. The maximum Gasteiger partial charge on any atom is 0.254 e. The summed E-state index contributed by atoms with van der Waals surface area (Å²) in [5, 5.41) is 5.49. The van der Waals surface area contributed by atoms with Gasteiger partial charge < -0.3 is 25.8 Å². The molecule has 0 saturated heterocycles. The molecule has 2 amide bonds. The first-order valence-electron chi connectivity index (χ1n) is 5.91. The first kappa shape index (κ1) is 15.9. The summed E-state index contributed by atoms with van der Waals surface area (Å²) >= 11 is 0. The molecule has 0 unspecified atom stereocenters. The van der Waals surface area contributed by atoms with E-state index >= 15 is 0 Å². The van der Waals surface area contributed by atoms with E-state index in [-0.39, 0.29) is 23.9 Å². The van der Waals surface area contributed by atoms with Crippen LogP contribution in [0.4, 0.5) is 5.69 Å². The van der Waals surface area contributed by atoms with E-state index in [1.165, 1.54) is 19.4 Å². The summed E-state index contributed by atoms with van der Waals surface area (Å²) in [5.74, 6) is -0.819. The molecule has 4 N–H and O–H groups in total. The Balaban J connectivity index is 2.61. The number of hydrogen-bond acceptors (Lipinski definition) is 6. The quantitative estimate of drug-likeness (QED) is 0.546. The molecule has 8 nitrogen and oxygen atoms in total. The average molecular weight is 282 g/mol. The summed E-state index contributed by atoms with van der Waals surface area (Å²) < 4.78 is 9.75. The van der Waals surface area contributed by atoms with Crippen molar-refractivity contribution in [2.75, 3.05) is 39.2 Å². The normalized spacial score (nSPS) is 10.1. The van der Waals surface area contributed by atoms with Crippen molar-refractivity contribution >= 4 is 17.5 Å². The molecule has 110 valence electrons. The van der Waals surface area contributed by atoms with Gasteiger partial charge in [0, 0.05) is 13.7 Å². The predicted molar refractivity (Wildman–Crippen MR) is 72.7 cm³/mol. The lowest BCUT2D eigenvalue weighted by Gasteiger charge is -2.09. The third-order valence-electron chi connectivity index (χ3n) is 2.36. The highest BCUT2D eigenvalue weighted by Crippen LogP contribution is 2.18. The van der Waals surface area contributed by atoms with Crippen molar-refractivity contribution in [2.24, 2.45) is 5.73 Å². The Morgan fingerprint density at radius 2 is 2.15 bits per heavy atom. The molecular weight excluding hydrogens is 264 g/mol. The van der Waals surface area contributed by atoms with E-state index in [0.29, 0.717) is 18.8 Å². The van der Waals surface area contributed by atoms with Gasteiger partial charge in [-0.3, -0.25) is 9.59 Å². The molecule has 1 aromatic heterocycles. The number of methoxy groups -OCH3 is 2. The maximum atomic E-state index is 11.6. The highest BCUT2D eigenvalue weighted by Gasteiger charge is 2.12. The minimum absolute atomic E-state index is 0.109. The number of primary amides is 1. The van der Waals surface area contributed by atoms with Crippen LogP contribution in [-0.4, -0.2) is 50.7 Å². The van der Waals surface area contributed by atoms with E-state index in [4.69, 9.17) is 15.2 Å². The number of nitrogens with two attached hydrogens (primary N) is 1. The average Bonchev–Trinajstić information content (AvgIpc) is 2.43. The second-order valence-corrected chi connectivity index (χ2v) is 3.86. The SMILES string of the molecule is COCCNCC(=O)Nc1cnc(OC)c(C(N)=O)c1. The van der Waals surface area contributed by atoms with Gasteiger partial charge in [-0.2, -0.15) is 0 Å². The predicted octanol–water partition coefficient (Wildman–Crippen LogP) is -0.636. The van der Waals surface area contributed by atoms with Crippen molar-refractivity contribution in [3.8, 4) is 5.88 Å². The Kier molecular flexibility index (Phi) is 6.41. The molecule has 0 radical (unpaired) electrons. The van der Waals surface area contributed by atoms with E-state index in [1.807, 2.05) is 0 Å². The van der Waals surface area contributed by atoms with Crippen LogP contribution in [0.15, 0.2) is 12.3 Å². The molecule has 0 aliphatic heterocycles. The molecule has 0 atom stereocenters. The van der Waals surface area contributed by atoms with E-state index in [2.05, 4.69) is 15.6 Å². The number of rotatable bonds is 8. The number of amides is 2. The van der Waals surface area contributed by atoms with Gasteiger partial charge in [-0.15, -0.1) is 0 Å². The molecule has 20 heavy (non-hydrogen) atoms. The number of carbonyl (C=O) groups excluding carboxylic acids is 2. The summed E-state index contributed by atoms with van der Waals surface area (Å²) in [5.41, 5.74) is 5.69. The Hall–Kier alpha value is -2.19. The Labute approximate surface area is 116 Å². The Morgan fingerprint density at radius 1 is 1.40 bits per heavy atom. The molecule has 1 rings (SSSR count). The lowest BCUT2D eigenvalue weighted by Crippen LogP contribution is -2.30. The van der Waals surface area contributed by atoms with Gasteiger partial charge >= 0.3 is 0 Å². The third kappa shape index (κ3) is 4.82. The number of pyridine rings is 1. The zero-order valence-corrected chi connectivity index (χ0v) is 11.4. The van der Waals surface area contributed by atoms with Crippen LogP contribution in [0.25, 0.3) is 0 Å². The molecule has 0 aromatic carbocycles. The van der Waals surface area contributed by atoms with Gasteiger partial charge in [-0.05, 0) is 6.07 Å². The van der Waals surface area contributed by atoms with Crippen LogP contribution in [0.1, 0.15) is 10.4 Å². The standard InChI is InChI=1S/C12H18N4O4/c1-19-4-3-14-7-10(17)16-8-5-9(11(13)18)12(20-2)15-6-8/h5-6,14H,3-4,7H2,1-2H3,(H2,13,18)(H,16,17). The zero-order chi connectivity index (χ0) is 15.0. The lowest BCUT2D eigenvalue weighted by molar-refractivity contribution is -0.115. The lowest BCUT2D eigenvalue weighted by atomic mass is 10.2. The molecule has 1 heterocycles. The largest absolute Gasteiger partial charge is 0.480 e. The van der Waals surface area contributed by atoms with Crippen LogP contribution in [0.5, 0.6) is 5.88 Å². The summed E-state index contributed by atoms with van der Waals surface area (Å²) in [6.45, 7) is 1.21. The fourth-order valence-electron chi connectivity index (χ4n) is 1.44. The van der Waals surface area contributed by atoms with Crippen molar-refractivity contribution in [2.45, 2.75) is 0 Å². The van der Waals surface area contributed by atoms with Crippen LogP contribution < -0.4 is 21.1 Å². The van der Waals surface area contributed by atoms with Crippen molar-refractivity contribution < 1.29 is 19.1 Å². The number of ether oxygens (including phenoxy) is 2. The molecule has 8 heteroatoms. The minimum atomic E-state index is -0.677. The summed E-state index contributed by atoms with van der Waals surface area (Å²) in [6.07, 6.45) is 1.39. The van der Waals surface area contributed by atoms with Crippen LogP contribution >= 0.6 is 0 Å². The molecule has 0 saturated carbocycles. The fourth-order valence-corrected chi connectivity index (χ4v) is 1.44. The van der Waals surface area contributed by atoms with E-state index in [1.54, 1.807) is 7.11 Å². The molecule has 1 aromatic rings. The van der Waals surface area contributed by atoms with Gasteiger partial charge in [-0.1, -0.05) is 0 Å². The molecule has 0 fully saturated rings. The summed E-state index contributed by atoms with van der Waals surface area (Å²) in [6, 6.07) is 1.42. The molecule has 0 aliphatic carbocycles. The van der Waals surface area contributed by atoms with Crippen LogP contribution in [0, 0.1) is 0 Å². The molecular formula is C12H18N4O4. The summed E-state index contributed by atoms with van der Waals surface area (Å²) in [7, 11) is 2.96. The maximum absolute atomic E-state index is 11.6. The van der Waals surface area contributed by atoms with Crippen molar-refractivity contribution in [3.05, 3.63) is 17.8 Å². The smallest absolute Gasteiger partial charge is 0.254 e. The second kappa shape index (κ2) is 8.08. The van der Waals surface area contributed by atoms with Crippen LogP contribution in [0.2, 0.25) is 0 Å². The van der Waals surface area contributed by atoms with Gasteiger partial charge in [0.2, 0.25) is 11.8 Å². The highest BCUT2D eigenvalue weighted by molar-refractivity contribution is 5.98. The number of hydrogen-bond donors (Lipinski definition) is 3. The fraction of sp³-hybridized carbons (Fsp3) is 0.417. The van der Waals surface area contributed by atoms with Gasteiger partial charge in [0.1, 0.15) is 5.56 Å². The Bertz CT molecular complexity index is 479. The van der Waals surface area contributed by atoms with E-state index in [9.17, 15) is 9.59 Å². The number of anilines is 1. The van der Waals surface area contributed by atoms with Gasteiger partial charge in [0.15, 0.2) is 0 Å². The number of carbonyl (C=O) groups is 2. The first-order valence-corrected chi connectivity index (χ1v) is 5.91. The molecule has 0 spiro atoms. The molecule has 0 aliphatic rings. The van der Waals surface area contributed by atoms with Crippen LogP contribution in [-0.2, 0) is 9.53 Å². The monoisotopic (exact) mass is 282 g/mol. The van der Waals surface area contributed by atoms with E-state index in [0.717, 1.165) is 0 Å². The second-order valence-electron chi connectivity index (χ2n) is 3.86. The Morgan fingerprint density at radius 3 is 2.75 bits per heavy atom. The minimum Gasteiger partial charge on any atom is -0.480 e. The van der Waals surface area contributed by atoms with Gasteiger partial charge in [0.25, 0.3) is 5.91 Å². The van der Waals surface area contributed by atoms with Gasteiger partial charge in [-0.25, -0.2) is 4.98 Å². The number of nitrogens with zero attached hydrogens (tertiary/aromatic N) is 1. The van der Waals surface area contributed by atoms with Crippen molar-refractivity contribution in [3.63, 3.8) is 0 Å². The topological polar surface area (TPSA) is 116 Å². The third-order valence-corrected chi connectivity index (χ3v) is 2.36.